The predicted octanol–water partition coefficient (Wildman–Crippen LogP) is 3.47. The molecule has 1 unspecified atom stereocenters. The molecule has 0 N–H and O–H groups in total. The maximum Gasteiger partial charge on any atom is 0.0558 e. The van der Waals surface area contributed by atoms with Crippen LogP contribution >= 0.6 is 11.8 Å². The number of pyridine rings is 1. The van der Waals surface area contributed by atoms with Crippen molar-refractivity contribution < 1.29 is 0 Å². The van der Waals surface area contributed by atoms with Gasteiger partial charge in [0.25, 0.3) is 0 Å². The van der Waals surface area contributed by atoms with Gasteiger partial charge in [0, 0.05) is 11.1 Å². The molecular formula is C13H11NS. The van der Waals surface area contributed by atoms with E-state index in [-0.39, 0.29) is 0 Å². The highest BCUT2D eigenvalue weighted by atomic mass is 32.2. The average molecular weight is 213 g/mol. The summed E-state index contributed by atoms with van der Waals surface area (Å²) in [6.45, 7) is 0. The van der Waals surface area contributed by atoms with Crippen LogP contribution in [0, 0.1) is 0 Å². The molecule has 0 amide bonds. The highest BCUT2D eigenvalue weighted by molar-refractivity contribution is 7.99. The zero-order chi connectivity index (χ0) is 10.1. The van der Waals surface area contributed by atoms with Crippen LogP contribution in [0.5, 0.6) is 0 Å². The molecule has 1 aromatic carbocycles. The molecule has 1 nitrogen and oxygen atoms in total. The van der Waals surface area contributed by atoms with Gasteiger partial charge in [-0.05, 0) is 30.2 Å². The molecular weight excluding hydrogens is 202 g/mol. The maximum atomic E-state index is 4.42. The minimum Gasteiger partial charge on any atom is -0.260 e. The average Bonchev–Trinajstić information content (AvgIpc) is 2.74. The summed E-state index contributed by atoms with van der Waals surface area (Å²) in [6.07, 6.45) is 2.98. The highest BCUT2D eigenvalue weighted by Crippen LogP contribution is 2.45. The van der Waals surface area contributed by atoms with Crippen LogP contribution in [0.2, 0.25) is 0 Å². The number of fused-ring (bicyclic) bond motifs is 1. The number of thioether (sulfide) groups is 1. The lowest BCUT2D eigenvalue weighted by atomic mass is 10.1. The van der Waals surface area contributed by atoms with Crippen molar-refractivity contribution in [1.29, 1.82) is 0 Å². The largest absolute Gasteiger partial charge is 0.260 e. The molecule has 1 aliphatic rings. The van der Waals surface area contributed by atoms with Gasteiger partial charge in [0.2, 0.25) is 0 Å². The first-order valence-corrected chi connectivity index (χ1v) is 5.97. The molecule has 0 aliphatic carbocycles. The Morgan fingerprint density at radius 2 is 1.93 bits per heavy atom. The van der Waals surface area contributed by atoms with Crippen molar-refractivity contribution in [3.05, 3.63) is 59.9 Å². The number of rotatable bonds is 1. The lowest BCUT2D eigenvalue weighted by Gasteiger charge is -2.06. The summed E-state index contributed by atoms with van der Waals surface area (Å²) in [5.41, 5.74) is 2.65. The molecule has 0 bridgehead atoms. The third kappa shape index (κ3) is 1.65. The van der Waals surface area contributed by atoms with Crippen molar-refractivity contribution in [3.63, 3.8) is 0 Å². The number of hydrogen-bond acceptors (Lipinski definition) is 2. The van der Waals surface area contributed by atoms with E-state index in [2.05, 4.69) is 41.4 Å². The molecule has 0 radical (unpaired) electrons. The summed E-state index contributed by atoms with van der Waals surface area (Å²) in [6, 6.07) is 14.8. The van der Waals surface area contributed by atoms with Crippen LogP contribution in [0.3, 0.4) is 0 Å². The van der Waals surface area contributed by atoms with Crippen molar-refractivity contribution in [1.82, 2.24) is 4.98 Å². The molecule has 0 fully saturated rings. The van der Waals surface area contributed by atoms with Crippen molar-refractivity contribution in [2.75, 3.05) is 0 Å². The predicted molar refractivity (Wildman–Crippen MR) is 63.0 cm³/mol. The summed E-state index contributed by atoms with van der Waals surface area (Å²) in [5.74, 6) is 0. The van der Waals surface area contributed by atoms with Gasteiger partial charge in [0.05, 0.1) is 10.9 Å². The fraction of sp³-hybridized carbons (Fsp3) is 0.154. The van der Waals surface area contributed by atoms with Gasteiger partial charge in [-0.1, -0.05) is 24.3 Å². The molecule has 1 aliphatic heterocycles. The minimum absolute atomic E-state index is 0.503. The quantitative estimate of drug-likeness (QED) is 0.719. The fourth-order valence-corrected chi connectivity index (χ4v) is 3.20. The Morgan fingerprint density at radius 3 is 2.73 bits per heavy atom. The first-order valence-electron chi connectivity index (χ1n) is 5.09. The molecule has 0 saturated carbocycles. The van der Waals surface area contributed by atoms with Gasteiger partial charge in [0.1, 0.15) is 0 Å². The summed E-state index contributed by atoms with van der Waals surface area (Å²) in [4.78, 5) is 5.83. The van der Waals surface area contributed by atoms with E-state index < -0.39 is 0 Å². The molecule has 2 heterocycles. The second-order valence-electron chi connectivity index (χ2n) is 3.67. The lowest BCUT2D eigenvalue weighted by Crippen LogP contribution is -1.94. The standard InChI is InChI=1S/C13H11NS/c1-2-7-12-10(5-1)9-13(15-12)11-6-3-4-8-14-11/h1-8,13H,9H2. The van der Waals surface area contributed by atoms with Gasteiger partial charge in [-0.3, -0.25) is 4.98 Å². The van der Waals surface area contributed by atoms with Gasteiger partial charge >= 0.3 is 0 Å². The van der Waals surface area contributed by atoms with E-state index in [1.165, 1.54) is 16.2 Å². The van der Waals surface area contributed by atoms with E-state index in [0.717, 1.165) is 6.42 Å². The van der Waals surface area contributed by atoms with E-state index in [9.17, 15) is 0 Å². The first kappa shape index (κ1) is 8.98. The zero-order valence-electron chi connectivity index (χ0n) is 8.26. The van der Waals surface area contributed by atoms with E-state index in [1.807, 2.05) is 24.0 Å². The molecule has 0 saturated heterocycles. The van der Waals surface area contributed by atoms with Crippen LogP contribution in [0.1, 0.15) is 16.5 Å². The molecule has 2 aromatic rings. The Labute approximate surface area is 93.6 Å². The van der Waals surface area contributed by atoms with Crippen molar-refractivity contribution in [2.45, 2.75) is 16.6 Å². The van der Waals surface area contributed by atoms with Crippen molar-refractivity contribution >= 4 is 11.8 Å². The third-order valence-corrected chi connectivity index (χ3v) is 4.01. The summed E-state index contributed by atoms with van der Waals surface area (Å²) < 4.78 is 0. The Bertz CT molecular complexity index is 442. The smallest absolute Gasteiger partial charge is 0.0558 e. The molecule has 2 heteroatoms. The fourth-order valence-electron chi connectivity index (χ4n) is 1.91. The second-order valence-corrected chi connectivity index (χ2v) is 4.92. The van der Waals surface area contributed by atoms with E-state index in [1.54, 1.807) is 0 Å². The van der Waals surface area contributed by atoms with Gasteiger partial charge in [0.15, 0.2) is 0 Å². The third-order valence-electron chi connectivity index (χ3n) is 2.66. The normalized spacial score (nSPS) is 18.8. The molecule has 0 spiro atoms. The molecule has 3 rings (SSSR count). The number of benzene rings is 1. The van der Waals surface area contributed by atoms with Gasteiger partial charge < -0.3 is 0 Å². The summed E-state index contributed by atoms with van der Waals surface area (Å²) in [5, 5.41) is 0.503. The second kappa shape index (κ2) is 3.70. The Morgan fingerprint density at radius 1 is 1.07 bits per heavy atom. The zero-order valence-corrected chi connectivity index (χ0v) is 9.08. The SMILES string of the molecule is c1ccc(C2Cc3ccccc3S2)nc1. The van der Waals surface area contributed by atoms with Crippen LogP contribution < -0.4 is 0 Å². The topological polar surface area (TPSA) is 12.9 Å². The minimum atomic E-state index is 0.503. The Kier molecular flexibility index (Phi) is 2.22. The number of hydrogen-bond donors (Lipinski definition) is 0. The molecule has 1 aromatic heterocycles. The highest BCUT2D eigenvalue weighted by Gasteiger charge is 2.23. The Balaban J connectivity index is 1.91. The summed E-state index contributed by atoms with van der Waals surface area (Å²) >= 11 is 1.93. The number of aromatic nitrogens is 1. The number of nitrogens with zero attached hydrogens (tertiary/aromatic N) is 1. The van der Waals surface area contributed by atoms with Crippen molar-refractivity contribution in [2.24, 2.45) is 0 Å². The van der Waals surface area contributed by atoms with Crippen molar-refractivity contribution in [3.8, 4) is 0 Å². The maximum absolute atomic E-state index is 4.42. The van der Waals surface area contributed by atoms with Gasteiger partial charge in [-0.2, -0.15) is 0 Å². The summed E-state index contributed by atoms with van der Waals surface area (Å²) in [7, 11) is 0. The van der Waals surface area contributed by atoms with Crippen LogP contribution in [0.4, 0.5) is 0 Å². The first-order chi connectivity index (χ1) is 7.43. The van der Waals surface area contributed by atoms with Crippen LogP contribution in [0.25, 0.3) is 0 Å². The molecule has 15 heavy (non-hydrogen) atoms. The lowest BCUT2D eigenvalue weighted by molar-refractivity contribution is 0.904. The van der Waals surface area contributed by atoms with E-state index in [4.69, 9.17) is 0 Å². The van der Waals surface area contributed by atoms with Gasteiger partial charge in [-0.15, -0.1) is 11.8 Å². The van der Waals surface area contributed by atoms with E-state index in [0.29, 0.717) is 5.25 Å². The van der Waals surface area contributed by atoms with Crippen LogP contribution in [0.15, 0.2) is 53.6 Å². The van der Waals surface area contributed by atoms with Crippen LogP contribution in [-0.4, -0.2) is 4.98 Å². The van der Waals surface area contributed by atoms with Crippen LogP contribution in [-0.2, 0) is 6.42 Å². The van der Waals surface area contributed by atoms with Gasteiger partial charge in [-0.25, -0.2) is 0 Å². The van der Waals surface area contributed by atoms with E-state index >= 15 is 0 Å². The molecule has 74 valence electrons. The Hall–Kier alpha value is -1.28. The molecule has 1 atom stereocenters. The monoisotopic (exact) mass is 213 g/mol.